The second kappa shape index (κ2) is 10.3. The quantitative estimate of drug-likeness (QED) is 0.275. The Labute approximate surface area is 247 Å². The molecule has 42 heavy (non-hydrogen) atoms. The van der Waals surface area contributed by atoms with Gasteiger partial charge in [0.2, 0.25) is 0 Å². The number of fused-ring (bicyclic) bond motifs is 3. The Kier molecular flexibility index (Phi) is 6.83. The molecule has 3 saturated heterocycles. The normalized spacial score (nSPS) is 20.4. The molecule has 0 radical (unpaired) electrons. The number of benzene rings is 2. The lowest BCUT2D eigenvalue weighted by molar-refractivity contribution is -0.0564. The van der Waals surface area contributed by atoms with Crippen molar-refractivity contribution in [3.8, 4) is 17.1 Å². The first-order chi connectivity index (χ1) is 20.1. The molecule has 2 aromatic carbocycles. The highest BCUT2D eigenvalue weighted by Gasteiger charge is 2.45. The molecule has 14 heteroatoms. The Morgan fingerprint density at radius 3 is 2.64 bits per heavy atom. The van der Waals surface area contributed by atoms with Gasteiger partial charge in [-0.15, -0.1) is 0 Å². The second-order valence-electron chi connectivity index (χ2n) is 11.1. The summed E-state index contributed by atoms with van der Waals surface area (Å²) in [5.74, 6) is -4.46. The summed E-state index contributed by atoms with van der Waals surface area (Å²) in [5.41, 5.74) is 5.88. The monoisotopic (exact) mass is 622 g/mol. The molecule has 0 atom stereocenters. The molecule has 5 heterocycles. The summed E-state index contributed by atoms with van der Waals surface area (Å²) >= 11 is 7.60. The van der Waals surface area contributed by atoms with Crippen LogP contribution in [0.3, 0.4) is 0 Å². The number of nitrogens with two attached hydrogens (primary N) is 1. The molecule has 4 aromatic rings. The first-order valence-electron chi connectivity index (χ1n) is 13.8. The van der Waals surface area contributed by atoms with E-state index < -0.39 is 30.7 Å². The van der Waals surface area contributed by atoms with Crippen molar-refractivity contribution in [2.45, 2.75) is 37.1 Å². The fraction of sp³-hybridized carbons (Fsp3) is 0.464. The highest BCUT2D eigenvalue weighted by Crippen LogP contribution is 2.44. The first kappa shape index (κ1) is 27.8. The standard InChI is InChI=1S/C28H27ClF4N6O2S/c29-17-11-16-21(20(31)19(17)15-3-4-18(30)23-22(15)35-25(34)42-23)36-26(41-13-27-5-1-7-39(27)8-2-6-27)37-24(16)38-9-10-40-14-28(32,33)12-38/h3-4,11H,1-2,5-10,12-14H2,(H2,34,35). The average Bonchev–Trinajstić information content (AvgIpc) is 3.61. The molecule has 222 valence electrons. The van der Waals surface area contributed by atoms with Gasteiger partial charge in [0.05, 0.1) is 33.9 Å². The Morgan fingerprint density at radius 1 is 1.07 bits per heavy atom. The molecule has 0 bridgehead atoms. The first-order valence-corrected chi connectivity index (χ1v) is 15.0. The van der Waals surface area contributed by atoms with E-state index >= 15 is 4.39 Å². The van der Waals surface area contributed by atoms with Gasteiger partial charge in [-0.3, -0.25) is 4.90 Å². The molecule has 0 spiro atoms. The summed E-state index contributed by atoms with van der Waals surface area (Å²) in [6, 6.07) is 3.90. The largest absolute Gasteiger partial charge is 0.461 e. The van der Waals surface area contributed by atoms with Crippen molar-refractivity contribution in [2.75, 3.05) is 56.6 Å². The number of hydrogen-bond acceptors (Lipinski definition) is 9. The minimum atomic E-state index is -3.16. The van der Waals surface area contributed by atoms with Gasteiger partial charge in [-0.2, -0.15) is 9.97 Å². The van der Waals surface area contributed by atoms with E-state index in [1.54, 1.807) is 0 Å². The van der Waals surface area contributed by atoms with Crippen LogP contribution in [-0.2, 0) is 4.74 Å². The molecule has 0 unspecified atom stereocenters. The van der Waals surface area contributed by atoms with Gasteiger partial charge in [0, 0.05) is 23.1 Å². The fourth-order valence-corrected chi connectivity index (χ4v) is 7.60. The third kappa shape index (κ3) is 4.70. The maximum absolute atomic E-state index is 16.6. The zero-order chi connectivity index (χ0) is 29.2. The van der Waals surface area contributed by atoms with E-state index in [4.69, 9.17) is 26.8 Å². The molecule has 3 fully saturated rings. The van der Waals surface area contributed by atoms with Crippen LogP contribution >= 0.6 is 22.9 Å². The Balaban J connectivity index is 1.39. The van der Waals surface area contributed by atoms with Gasteiger partial charge in [0.1, 0.15) is 30.4 Å². The second-order valence-corrected chi connectivity index (χ2v) is 12.6. The van der Waals surface area contributed by atoms with Crippen molar-refractivity contribution in [2.24, 2.45) is 0 Å². The van der Waals surface area contributed by atoms with E-state index in [2.05, 4.69) is 19.9 Å². The van der Waals surface area contributed by atoms with Gasteiger partial charge in [-0.25, -0.2) is 22.5 Å². The van der Waals surface area contributed by atoms with Gasteiger partial charge < -0.3 is 20.1 Å². The maximum atomic E-state index is 16.6. The number of rotatable bonds is 5. The van der Waals surface area contributed by atoms with Gasteiger partial charge in [-0.05, 0) is 57.0 Å². The highest BCUT2D eigenvalue weighted by molar-refractivity contribution is 7.22. The van der Waals surface area contributed by atoms with E-state index in [0.29, 0.717) is 6.61 Å². The third-order valence-corrected chi connectivity index (χ3v) is 9.64. The van der Waals surface area contributed by atoms with Crippen molar-refractivity contribution >= 4 is 55.0 Å². The Morgan fingerprint density at radius 2 is 1.86 bits per heavy atom. The van der Waals surface area contributed by atoms with Crippen LogP contribution in [-0.4, -0.2) is 77.3 Å². The van der Waals surface area contributed by atoms with E-state index in [0.717, 1.165) is 50.1 Å². The average molecular weight is 623 g/mol. The molecule has 0 aliphatic carbocycles. The maximum Gasteiger partial charge on any atom is 0.319 e. The van der Waals surface area contributed by atoms with Crippen molar-refractivity contribution in [3.05, 3.63) is 34.9 Å². The molecule has 8 nitrogen and oxygen atoms in total. The van der Waals surface area contributed by atoms with E-state index in [-0.39, 0.29) is 72.9 Å². The van der Waals surface area contributed by atoms with Crippen LogP contribution in [0, 0.1) is 11.6 Å². The molecule has 2 N–H and O–H groups in total. The lowest BCUT2D eigenvalue weighted by Crippen LogP contribution is -2.43. The van der Waals surface area contributed by atoms with Crippen LogP contribution < -0.4 is 15.4 Å². The summed E-state index contributed by atoms with van der Waals surface area (Å²) in [5, 5.41) is 0.219. The van der Waals surface area contributed by atoms with Gasteiger partial charge in [-0.1, -0.05) is 22.9 Å². The van der Waals surface area contributed by atoms with Crippen LogP contribution in [0.15, 0.2) is 18.2 Å². The molecule has 7 rings (SSSR count). The van der Waals surface area contributed by atoms with E-state index in [9.17, 15) is 13.2 Å². The Hall–Kier alpha value is -3.00. The predicted molar refractivity (Wildman–Crippen MR) is 154 cm³/mol. The lowest BCUT2D eigenvalue weighted by Gasteiger charge is -2.31. The third-order valence-electron chi connectivity index (χ3n) is 8.45. The van der Waals surface area contributed by atoms with Crippen molar-refractivity contribution in [1.29, 1.82) is 0 Å². The SMILES string of the molecule is Nc1nc2c(-c3c(Cl)cc4c(N5CCOCC(F)(F)C5)nc(OCC56CCCN5CCC6)nc4c3F)ccc(F)c2s1. The van der Waals surface area contributed by atoms with Crippen LogP contribution in [0.25, 0.3) is 32.2 Å². The molecule has 3 aliphatic heterocycles. The number of aromatic nitrogens is 3. The number of hydrogen-bond donors (Lipinski definition) is 1. The summed E-state index contributed by atoms with van der Waals surface area (Å²) < 4.78 is 71.8. The fourth-order valence-electron chi connectivity index (χ4n) is 6.55. The molecule has 3 aliphatic rings. The number of nitrogens with zero attached hydrogens (tertiary/aromatic N) is 5. The summed E-state index contributed by atoms with van der Waals surface area (Å²) in [7, 11) is 0. The van der Waals surface area contributed by atoms with Gasteiger partial charge in [0.15, 0.2) is 10.9 Å². The molecule has 2 aromatic heterocycles. The molecule has 0 saturated carbocycles. The van der Waals surface area contributed by atoms with Crippen LogP contribution in [0.4, 0.5) is 28.5 Å². The van der Waals surface area contributed by atoms with Crippen molar-refractivity contribution in [3.63, 3.8) is 0 Å². The van der Waals surface area contributed by atoms with Gasteiger partial charge in [0.25, 0.3) is 5.92 Å². The summed E-state index contributed by atoms with van der Waals surface area (Å²) in [6.45, 7) is 0.980. The van der Waals surface area contributed by atoms with E-state index in [1.807, 2.05) is 0 Å². The van der Waals surface area contributed by atoms with Crippen LogP contribution in [0.1, 0.15) is 25.7 Å². The number of ether oxygens (including phenoxy) is 2. The zero-order valence-corrected chi connectivity index (χ0v) is 24.0. The predicted octanol–water partition coefficient (Wildman–Crippen LogP) is 5.90. The van der Waals surface area contributed by atoms with Crippen molar-refractivity contribution < 1.29 is 27.0 Å². The summed E-state index contributed by atoms with van der Waals surface area (Å²) in [4.78, 5) is 17.0. The minimum absolute atomic E-state index is 0.0302. The molecular formula is C28H27ClF4N6O2S. The number of thiazole rings is 1. The van der Waals surface area contributed by atoms with E-state index in [1.165, 1.54) is 23.1 Å². The molecule has 0 amide bonds. The smallest absolute Gasteiger partial charge is 0.319 e. The van der Waals surface area contributed by atoms with Crippen molar-refractivity contribution in [1.82, 2.24) is 19.9 Å². The Bertz CT molecular complexity index is 1690. The highest BCUT2D eigenvalue weighted by atomic mass is 35.5. The van der Waals surface area contributed by atoms with Crippen LogP contribution in [0.2, 0.25) is 5.02 Å². The number of nitrogen functional groups attached to an aromatic ring is 1. The summed E-state index contributed by atoms with van der Waals surface area (Å²) in [6.07, 6.45) is 4.04. The number of halogens is 5. The minimum Gasteiger partial charge on any atom is -0.461 e. The van der Waals surface area contributed by atoms with Crippen LogP contribution in [0.5, 0.6) is 6.01 Å². The molecular weight excluding hydrogens is 596 g/mol. The number of alkyl halides is 2. The lowest BCUT2D eigenvalue weighted by atomic mass is 9.95. The number of anilines is 2. The van der Waals surface area contributed by atoms with Gasteiger partial charge >= 0.3 is 6.01 Å². The zero-order valence-electron chi connectivity index (χ0n) is 22.4. The topological polar surface area (TPSA) is 89.6 Å².